The average Bonchev–Trinajstić information content (AvgIpc) is 2.39. The first-order chi connectivity index (χ1) is 7.83. The Labute approximate surface area is 95.1 Å². The van der Waals surface area contributed by atoms with Gasteiger partial charge < -0.3 is 14.7 Å². The molecule has 2 rings (SSSR count). The molecule has 1 atom stereocenters. The Balaban J connectivity index is 2.05. The van der Waals surface area contributed by atoms with E-state index >= 15 is 0 Å². The van der Waals surface area contributed by atoms with E-state index in [9.17, 15) is 0 Å². The zero-order chi connectivity index (χ0) is 11.4. The molecule has 5 nitrogen and oxygen atoms in total. The maximum atomic E-state index is 8.91. The standard InChI is InChI=1S/C11H17N3O2/c1-2-10-7-14(3-4-16-10)11-12-5-9(8-15)6-13-11/h5-6,10,15H,2-4,7-8H2,1H3. The van der Waals surface area contributed by atoms with Gasteiger partial charge in [0.25, 0.3) is 0 Å². The van der Waals surface area contributed by atoms with Crippen LogP contribution in [0.4, 0.5) is 5.95 Å². The first-order valence-electron chi connectivity index (χ1n) is 5.61. The van der Waals surface area contributed by atoms with Crippen LogP contribution in [0, 0.1) is 0 Å². The maximum absolute atomic E-state index is 8.91. The average molecular weight is 223 g/mol. The zero-order valence-corrected chi connectivity index (χ0v) is 9.46. The molecule has 1 fully saturated rings. The summed E-state index contributed by atoms with van der Waals surface area (Å²) >= 11 is 0. The summed E-state index contributed by atoms with van der Waals surface area (Å²) in [5, 5.41) is 8.91. The van der Waals surface area contributed by atoms with E-state index in [-0.39, 0.29) is 12.7 Å². The predicted octanol–water partition coefficient (Wildman–Crippen LogP) is 0.584. The summed E-state index contributed by atoms with van der Waals surface area (Å²) in [6.45, 7) is 4.50. The number of rotatable bonds is 3. The molecule has 1 saturated heterocycles. The molecule has 1 aromatic heterocycles. The van der Waals surface area contributed by atoms with Gasteiger partial charge in [0, 0.05) is 31.0 Å². The van der Waals surface area contributed by atoms with Gasteiger partial charge in [0.15, 0.2) is 0 Å². The zero-order valence-electron chi connectivity index (χ0n) is 9.46. The molecule has 0 radical (unpaired) electrons. The second-order valence-corrected chi connectivity index (χ2v) is 3.90. The van der Waals surface area contributed by atoms with E-state index < -0.39 is 0 Å². The molecule has 0 saturated carbocycles. The highest BCUT2D eigenvalue weighted by molar-refractivity contribution is 5.30. The summed E-state index contributed by atoms with van der Waals surface area (Å²) in [7, 11) is 0. The molecule has 5 heteroatoms. The minimum absolute atomic E-state index is 0.0129. The number of ether oxygens (including phenoxy) is 1. The molecule has 0 aliphatic carbocycles. The van der Waals surface area contributed by atoms with Gasteiger partial charge in [0.05, 0.1) is 19.3 Å². The van der Waals surface area contributed by atoms with Gasteiger partial charge in [-0.25, -0.2) is 9.97 Å². The van der Waals surface area contributed by atoms with Crippen molar-refractivity contribution < 1.29 is 9.84 Å². The predicted molar refractivity (Wildman–Crippen MR) is 60.2 cm³/mol. The number of hydrogen-bond acceptors (Lipinski definition) is 5. The number of anilines is 1. The second kappa shape index (κ2) is 5.23. The topological polar surface area (TPSA) is 58.5 Å². The van der Waals surface area contributed by atoms with Crippen molar-refractivity contribution in [3.8, 4) is 0 Å². The molecule has 0 spiro atoms. The number of aromatic nitrogens is 2. The summed E-state index contributed by atoms with van der Waals surface area (Å²) in [4.78, 5) is 10.6. The summed E-state index contributed by atoms with van der Waals surface area (Å²) in [5.74, 6) is 0.721. The molecule has 1 N–H and O–H groups in total. The molecule has 0 aromatic carbocycles. The van der Waals surface area contributed by atoms with E-state index in [4.69, 9.17) is 9.84 Å². The van der Waals surface area contributed by atoms with Crippen LogP contribution < -0.4 is 4.90 Å². The largest absolute Gasteiger partial charge is 0.392 e. The third kappa shape index (κ3) is 2.48. The lowest BCUT2D eigenvalue weighted by Crippen LogP contribution is -2.43. The first kappa shape index (κ1) is 11.3. The van der Waals surface area contributed by atoms with Gasteiger partial charge in [-0.1, -0.05) is 6.92 Å². The highest BCUT2D eigenvalue weighted by Crippen LogP contribution is 2.14. The van der Waals surface area contributed by atoms with Crippen molar-refractivity contribution in [3.05, 3.63) is 18.0 Å². The fraction of sp³-hybridized carbons (Fsp3) is 0.636. The molecule has 16 heavy (non-hydrogen) atoms. The molecule has 1 unspecified atom stereocenters. The van der Waals surface area contributed by atoms with Crippen LogP contribution in [0.2, 0.25) is 0 Å². The Hall–Kier alpha value is -1.20. The van der Waals surface area contributed by atoms with Gasteiger partial charge in [-0.3, -0.25) is 0 Å². The van der Waals surface area contributed by atoms with Crippen molar-refractivity contribution in [2.75, 3.05) is 24.6 Å². The molecular formula is C11H17N3O2. The van der Waals surface area contributed by atoms with Gasteiger partial charge >= 0.3 is 0 Å². The Morgan fingerprint density at radius 2 is 2.25 bits per heavy atom. The molecule has 1 aliphatic rings. The van der Waals surface area contributed by atoms with Crippen molar-refractivity contribution in [3.63, 3.8) is 0 Å². The third-order valence-corrected chi connectivity index (χ3v) is 2.75. The normalized spacial score (nSPS) is 21.1. The highest BCUT2D eigenvalue weighted by Gasteiger charge is 2.20. The van der Waals surface area contributed by atoms with Crippen LogP contribution in [-0.2, 0) is 11.3 Å². The van der Waals surface area contributed by atoms with Gasteiger partial charge in [-0.2, -0.15) is 0 Å². The lowest BCUT2D eigenvalue weighted by atomic mass is 10.2. The van der Waals surface area contributed by atoms with Crippen LogP contribution in [0.5, 0.6) is 0 Å². The molecule has 0 amide bonds. The Bertz CT molecular complexity index is 329. The quantitative estimate of drug-likeness (QED) is 0.812. The van der Waals surface area contributed by atoms with Crippen LogP contribution in [0.1, 0.15) is 18.9 Å². The number of nitrogens with zero attached hydrogens (tertiary/aromatic N) is 3. The number of aliphatic hydroxyl groups excluding tert-OH is 1. The van der Waals surface area contributed by atoms with E-state index in [0.29, 0.717) is 0 Å². The van der Waals surface area contributed by atoms with Crippen LogP contribution in [0.25, 0.3) is 0 Å². The van der Waals surface area contributed by atoms with Crippen molar-refractivity contribution in [2.45, 2.75) is 26.1 Å². The van der Waals surface area contributed by atoms with E-state index in [0.717, 1.165) is 37.6 Å². The smallest absolute Gasteiger partial charge is 0.225 e. The van der Waals surface area contributed by atoms with Crippen molar-refractivity contribution in [2.24, 2.45) is 0 Å². The van der Waals surface area contributed by atoms with E-state index in [2.05, 4.69) is 21.8 Å². The Morgan fingerprint density at radius 1 is 1.50 bits per heavy atom. The molecule has 1 aromatic rings. The Morgan fingerprint density at radius 3 is 2.88 bits per heavy atom. The molecular weight excluding hydrogens is 206 g/mol. The summed E-state index contributed by atoms with van der Waals surface area (Å²) in [5.41, 5.74) is 0.740. The van der Waals surface area contributed by atoms with E-state index in [1.165, 1.54) is 0 Å². The van der Waals surface area contributed by atoms with Crippen molar-refractivity contribution in [1.82, 2.24) is 9.97 Å². The van der Waals surface area contributed by atoms with E-state index in [1.54, 1.807) is 12.4 Å². The fourth-order valence-corrected chi connectivity index (χ4v) is 1.74. The van der Waals surface area contributed by atoms with Crippen LogP contribution in [-0.4, -0.2) is 40.9 Å². The molecule has 88 valence electrons. The minimum atomic E-state index is -0.0129. The summed E-state index contributed by atoms with van der Waals surface area (Å²) in [6, 6.07) is 0. The number of aliphatic hydroxyl groups is 1. The van der Waals surface area contributed by atoms with Gasteiger partial charge in [0.2, 0.25) is 5.95 Å². The second-order valence-electron chi connectivity index (χ2n) is 3.90. The number of morpholine rings is 1. The monoisotopic (exact) mass is 223 g/mol. The lowest BCUT2D eigenvalue weighted by molar-refractivity contribution is 0.0379. The van der Waals surface area contributed by atoms with Crippen LogP contribution in [0.3, 0.4) is 0 Å². The van der Waals surface area contributed by atoms with Crippen molar-refractivity contribution in [1.29, 1.82) is 0 Å². The van der Waals surface area contributed by atoms with E-state index in [1.807, 2.05) is 0 Å². The highest BCUT2D eigenvalue weighted by atomic mass is 16.5. The van der Waals surface area contributed by atoms with Gasteiger partial charge in [-0.15, -0.1) is 0 Å². The summed E-state index contributed by atoms with van der Waals surface area (Å²) in [6.07, 6.45) is 4.61. The minimum Gasteiger partial charge on any atom is -0.392 e. The van der Waals surface area contributed by atoms with Gasteiger partial charge in [-0.05, 0) is 6.42 Å². The summed E-state index contributed by atoms with van der Waals surface area (Å²) < 4.78 is 5.59. The number of hydrogen-bond donors (Lipinski definition) is 1. The third-order valence-electron chi connectivity index (χ3n) is 2.75. The molecule has 1 aliphatic heterocycles. The first-order valence-corrected chi connectivity index (χ1v) is 5.61. The molecule has 0 bridgehead atoms. The van der Waals surface area contributed by atoms with Crippen LogP contribution in [0.15, 0.2) is 12.4 Å². The SMILES string of the molecule is CCC1CN(c2ncc(CO)cn2)CCO1. The molecule has 2 heterocycles. The lowest BCUT2D eigenvalue weighted by Gasteiger charge is -2.32. The Kier molecular flexibility index (Phi) is 3.69. The van der Waals surface area contributed by atoms with Crippen LogP contribution >= 0.6 is 0 Å². The maximum Gasteiger partial charge on any atom is 0.225 e. The van der Waals surface area contributed by atoms with Gasteiger partial charge in [0.1, 0.15) is 0 Å². The van der Waals surface area contributed by atoms with Crippen molar-refractivity contribution >= 4 is 5.95 Å². The fourth-order valence-electron chi connectivity index (χ4n) is 1.74.